The van der Waals surface area contributed by atoms with Crippen molar-refractivity contribution in [3.63, 3.8) is 0 Å². The Bertz CT molecular complexity index is 303. The first-order valence-corrected chi connectivity index (χ1v) is 5.16. The molecule has 0 saturated carbocycles. The summed E-state index contributed by atoms with van der Waals surface area (Å²) in [6, 6.07) is 2.39. The standard InChI is InChI=1S/C9H12BrN3/c10-7-3-9(5-12-4-7)13-2-1-8(11)6-13/h3-5,8H,1-2,6,11H2/t8-/m1/s1. The monoisotopic (exact) mass is 241 g/mol. The Balaban J connectivity index is 2.16. The van der Waals surface area contributed by atoms with Crippen LogP contribution in [-0.4, -0.2) is 24.1 Å². The van der Waals surface area contributed by atoms with Gasteiger partial charge < -0.3 is 10.6 Å². The maximum absolute atomic E-state index is 5.83. The third kappa shape index (κ3) is 2.00. The maximum atomic E-state index is 5.83. The molecule has 0 bridgehead atoms. The topological polar surface area (TPSA) is 42.1 Å². The number of anilines is 1. The summed E-state index contributed by atoms with van der Waals surface area (Å²) in [7, 11) is 0. The van der Waals surface area contributed by atoms with E-state index >= 15 is 0 Å². The number of halogens is 1. The zero-order chi connectivity index (χ0) is 9.26. The number of nitrogens with two attached hydrogens (primary N) is 1. The second-order valence-corrected chi connectivity index (χ2v) is 4.27. The molecule has 4 heteroatoms. The summed E-state index contributed by atoms with van der Waals surface area (Å²) in [5.74, 6) is 0. The highest BCUT2D eigenvalue weighted by atomic mass is 79.9. The fourth-order valence-corrected chi connectivity index (χ4v) is 1.95. The van der Waals surface area contributed by atoms with E-state index in [2.05, 4.69) is 31.9 Å². The first-order chi connectivity index (χ1) is 6.25. The summed E-state index contributed by atoms with van der Waals surface area (Å²) in [5, 5.41) is 0. The zero-order valence-corrected chi connectivity index (χ0v) is 8.87. The van der Waals surface area contributed by atoms with Crippen LogP contribution in [0.25, 0.3) is 0 Å². The minimum absolute atomic E-state index is 0.319. The minimum atomic E-state index is 0.319. The lowest BCUT2D eigenvalue weighted by Gasteiger charge is -2.17. The highest BCUT2D eigenvalue weighted by Crippen LogP contribution is 2.21. The Morgan fingerprint density at radius 3 is 3.00 bits per heavy atom. The fraction of sp³-hybridized carbons (Fsp3) is 0.444. The molecule has 0 radical (unpaired) electrons. The van der Waals surface area contributed by atoms with Crippen molar-refractivity contribution in [1.29, 1.82) is 0 Å². The molecule has 0 unspecified atom stereocenters. The molecule has 70 valence electrons. The normalized spacial score (nSPS) is 22.3. The van der Waals surface area contributed by atoms with Gasteiger partial charge in [0.05, 0.1) is 11.9 Å². The smallest absolute Gasteiger partial charge is 0.0564 e. The van der Waals surface area contributed by atoms with E-state index in [-0.39, 0.29) is 0 Å². The van der Waals surface area contributed by atoms with E-state index in [1.165, 1.54) is 0 Å². The lowest BCUT2D eigenvalue weighted by atomic mass is 10.3. The molecule has 2 rings (SSSR count). The third-order valence-electron chi connectivity index (χ3n) is 2.28. The minimum Gasteiger partial charge on any atom is -0.369 e. The van der Waals surface area contributed by atoms with Gasteiger partial charge in [-0.2, -0.15) is 0 Å². The fourth-order valence-electron chi connectivity index (χ4n) is 1.60. The molecule has 0 amide bonds. The molecule has 1 aliphatic rings. The van der Waals surface area contributed by atoms with Crippen LogP contribution in [0.2, 0.25) is 0 Å². The number of hydrogen-bond acceptors (Lipinski definition) is 3. The van der Waals surface area contributed by atoms with Crippen LogP contribution in [0, 0.1) is 0 Å². The van der Waals surface area contributed by atoms with Crippen LogP contribution in [-0.2, 0) is 0 Å². The lowest BCUT2D eigenvalue weighted by molar-refractivity contribution is 0.752. The second-order valence-electron chi connectivity index (χ2n) is 3.36. The molecule has 1 aromatic heterocycles. The van der Waals surface area contributed by atoms with Crippen LogP contribution in [0.3, 0.4) is 0 Å². The average molecular weight is 242 g/mol. The number of hydrogen-bond donors (Lipinski definition) is 1. The first-order valence-electron chi connectivity index (χ1n) is 4.37. The Morgan fingerprint density at radius 2 is 2.38 bits per heavy atom. The predicted molar refractivity (Wildman–Crippen MR) is 56.7 cm³/mol. The molecule has 1 aliphatic heterocycles. The first kappa shape index (κ1) is 8.97. The quantitative estimate of drug-likeness (QED) is 0.808. The zero-order valence-electron chi connectivity index (χ0n) is 7.28. The van der Waals surface area contributed by atoms with Gasteiger partial charge in [0, 0.05) is 29.8 Å². The molecule has 2 heterocycles. The highest BCUT2D eigenvalue weighted by Gasteiger charge is 2.19. The summed E-state index contributed by atoms with van der Waals surface area (Å²) < 4.78 is 1.02. The summed E-state index contributed by atoms with van der Waals surface area (Å²) in [4.78, 5) is 6.39. The summed E-state index contributed by atoms with van der Waals surface area (Å²) in [6.45, 7) is 1.98. The van der Waals surface area contributed by atoms with Crippen LogP contribution in [0.4, 0.5) is 5.69 Å². The van der Waals surface area contributed by atoms with Crippen molar-refractivity contribution in [3.05, 3.63) is 22.9 Å². The number of aromatic nitrogens is 1. The predicted octanol–water partition coefficient (Wildman–Crippen LogP) is 1.38. The molecule has 1 atom stereocenters. The molecular formula is C9H12BrN3. The Hall–Kier alpha value is -0.610. The Morgan fingerprint density at radius 1 is 1.54 bits per heavy atom. The van der Waals surface area contributed by atoms with Gasteiger partial charge in [0.25, 0.3) is 0 Å². The van der Waals surface area contributed by atoms with Gasteiger partial charge in [-0.1, -0.05) is 0 Å². The molecule has 1 saturated heterocycles. The van der Waals surface area contributed by atoms with Crippen molar-refractivity contribution in [1.82, 2.24) is 4.98 Å². The van der Waals surface area contributed by atoms with E-state index in [0.717, 1.165) is 29.7 Å². The van der Waals surface area contributed by atoms with Crippen LogP contribution >= 0.6 is 15.9 Å². The van der Waals surface area contributed by atoms with Crippen molar-refractivity contribution in [2.75, 3.05) is 18.0 Å². The van der Waals surface area contributed by atoms with E-state index in [1.54, 1.807) is 6.20 Å². The van der Waals surface area contributed by atoms with Crippen molar-refractivity contribution in [3.8, 4) is 0 Å². The van der Waals surface area contributed by atoms with Gasteiger partial charge >= 0.3 is 0 Å². The molecule has 13 heavy (non-hydrogen) atoms. The van der Waals surface area contributed by atoms with E-state index < -0.39 is 0 Å². The van der Waals surface area contributed by atoms with Crippen molar-refractivity contribution in [2.24, 2.45) is 5.73 Å². The molecular weight excluding hydrogens is 230 g/mol. The van der Waals surface area contributed by atoms with Crippen LogP contribution in [0.5, 0.6) is 0 Å². The van der Waals surface area contributed by atoms with Crippen LogP contribution < -0.4 is 10.6 Å². The van der Waals surface area contributed by atoms with Crippen molar-refractivity contribution in [2.45, 2.75) is 12.5 Å². The molecule has 2 N–H and O–H groups in total. The number of rotatable bonds is 1. The molecule has 0 spiro atoms. The third-order valence-corrected chi connectivity index (χ3v) is 2.71. The SMILES string of the molecule is N[C@@H]1CCN(c2cncc(Br)c2)C1. The Kier molecular flexibility index (Phi) is 2.51. The molecule has 0 aromatic carbocycles. The molecule has 0 aliphatic carbocycles. The summed E-state index contributed by atoms with van der Waals surface area (Å²) in [6.07, 6.45) is 4.74. The lowest BCUT2D eigenvalue weighted by Crippen LogP contribution is -2.26. The van der Waals surface area contributed by atoms with Gasteiger partial charge in [0.2, 0.25) is 0 Å². The summed E-state index contributed by atoms with van der Waals surface area (Å²) >= 11 is 3.40. The molecule has 1 fully saturated rings. The van der Waals surface area contributed by atoms with Crippen molar-refractivity contribution >= 4 is 21.6 Å². The van der Waals surface area contributed by atoms with Gasteiger partial charge in [-0.05, 0) is 28.4 Å². The Labute approximate surface area is 86.1 Å². The average Bonchev–Trinajstić information content (AvgIpc) is 2.52. The van der Waals surface area contributed by atoms with E-state index in [4.69, 9.17) is 5.73 Å². The van der Waals surface area contributed by atoms with Crippen molar-refractivity contribution < 1.29 is 0 Å². The molecule has 1 aromatic rings. The van der Waals surface area contributed by atoms with Gasteiger partial charge in [-0.15, -0.1) is 0 Å². The van der Waals surface area contributed by atoms with Gasteiger partial charge in [0.15, 0.2) is 0 Å². The highest BCUT2D eigenvalue weighted by molar-refractivity contribution is 9.10. The largest absolute Gasteiger partial charge is 0.369 e. The van der Waals surface area contributed by atoms with Gasteiger partial charge in [0.1, 0.15) is 0 Å². The number of nitrogens with zero attached hydrogens (tertiary/aromatic N) is 2. The van der Waals surface area contributed by atoms with E-state index in [0.29, 0.717) is 6.04 Å². The van der Waals surface area contributed by atoms with Gasteiger partial charge in [-0.25, -0.2) is 0 Å². The van der Waals surface area contributed by atoms with E-state index in [9.17, 15) is 0 Å². The molecule has 3 nitrogen and oxygen atoms in total. The second kappa shape index (κ2) is 3.64. The van der Waals surface area contributed by atoms with Gasteiger partial charge in [-0.3, -0.25) is 4.98 Å². The summed E-state index contributed by atoms with van der Waals surface area (Å²) in [5.41, 5.74) is 6.98. The maximum Gasteiger partial charge on any atom is 0.0564 e. The number of pyridine rings is 1. The van der Waals surface area contributed by atoms with Crippen LogP contribution in [0.1, 0.15) is 6.42 Å². The van der Waals surface area contributed by atoms with E-state index in [1.807, 2.05) is 6.20 Å². The van der Waals surface area contributed by atoms with Crippen LogP contribution in [0.15, 0.2) is 22.9 Å².